The van der Waals surface area contributed by atoms with Gasteiger partial charge in [-0.25, -0.2) is 0 Å². The van der Waals surface area contributed by atoms with Crippen molar-refractivity contribution < 1.29 is 19.1 Å². The van der Waals surface area contributed by atoms with Crippen molar-refractivity contribution in [1.82, 2.24) is 15.8 Å². The topological polar surface area (TPSA) is 87.7 Å². The molecule has 10 heteroatoms. The molecule has 3 rings (SSSR count). The van der Waals surface area contributed by atoms with Gasteiger partial charge in [0.1, 0.15) is 10.1 Å². The zero-order valence-corrected chi connectivity index (χ0v) is 18.8. The number of methoxy groups -OCH3 is 1. The minimum absolute atomic E-state index is 0.0375. The number of carbonyl (C=O) groups excluding carboxylic acids is 3. The van der Waals surface area contributed by atoms with E-state index in [4.69, 9.17) is 28.6 Å². The molecule has 0 bridgehead atoms. The molecule has 1 fully saturated rings. The Morgan fingerprint density at radius 3 is 2.71 bits per heavy atom. The fraction of sp³-hybridized carbons (Fsp3) is 0.143. The first-order valence-electron chi connectivity index (χ1n) is 9.12. The third-order valence-corrected chi connectivity index (χ3v) is 5.88. The normalized spacial score (nSPS) is 14.6. The van der Waals surface area contributed by atoms with Gasteiger partial charge in [-0.3, -0.25) is 30.1 Å². The number of carbonyl (C=O) groups is 3. The van der Waals surface area contributed by atoms with Crippen molar-refractivity contribution in [1.29, 1.82) is 0 Å². The maximum atomic E-state index is 12.7. The summed E-state index contributed by atoms with van der Waals surface area (Å²) < 4.78 is 5.66. The molecule has 1 aliphatic rings. The van der Waals surface area contributed by atoms with Crippen LogP contribution in [0.25, 0.3) is 6.08 Å². The predicted octanol–water partition coefficient (Wildman–Crippen LogP) is 3.40. The van der Waals surface area contributed by atoms with Crippen LogP contribution in [-0.2, 0) is 9.59 Å². The van der Waals surface area contributed by atoms with E-state index < -0.39 is 11.8 Å². The zero-order chi connectivity index (χ0) is 22.4. The van der Waals surface area contributed by atoms with Gasteiger partial charge < -0.3 is 4.74 Å². The van der Waals surface area contributed by atoms with Gasteiger partial charge in [-0.1, -0.05) is 59.8 Å². The lowest BCUT2D eigenvalue weighted by molar-refractivity contribution is -0.124. The Morgan fingerprint density at radius 2 is 1.97 bits per heavy atom. The molecule has 3 amide bonds. The lowest BCUT2D eigenvalue weighted by atomic mass is 10.2. The molecule has 160 valence electrons. The lowest BCUT2D eigenvalue weighted by Crippen LogP contribution is -2.43. The number of hydrogen-bond acceptors (Lipinski definition) is 6. The number of thioether (sulfide) groups is 1. The first-order valence-corrected chi connectivity index (χ1v) is 10.7. The van der Waals surface area contributed by atoms with Gasteiger partial charge in [-0.15, -0.1) is 0 Å². The summed E-state index contributed by atoms with van der Waals surface area (Å²) >= 11 is 12.3. The van der Waals surface area contributed by atoms with Gasteiger partial charge in [-0.2, -0.15) is 0 Å². The van der Waals surface area contributed by atoms with Crippen LogP contribution in [0.1, 0.15) is 22.3 Å². The van der Waals surface area contributed by atoms with Gasteiger partial charge in [0, 0.05) is 29.1 Å². The Hall–Kier alpha value is -2.88. The van der Waals surface area contributed by atoms with Gasteiger partial charge >= 0.3 is 0 Å². The van der Waals surface area contributed by atoms with Gasteiger partial charge in [0.25, 0.3) is 11.8 Å². The second-order valence-electron chi connectivity index (χ2n) is 6.34. The van der Waals surface area contributed by atoms with Gasteiger partial charge in [0.2, 0.25) is 5.91 Å². The van der Waals surface area contributed by atoms with Crippen LogP contribution in [0.15, 0.2) is 53.4 Å². The Labute approximate surface area is 193 Å². The van der Waals surface area contributed by atoms with Crippen LogP contribution in [0, 0.1) is 0 Å². The number of rotatable bonds is 6. The highest BCUT2D eigenvalue weighted by molar-refractivity contribution is 8.26. The van der Waals surface area contributed by atoms with Crippen LogP contribution in [0.2, 0.25) is 5.02 Å². The lowest BCUT2D eigenvalue weighted by Gasteiger charge is -2.14. The van der Waals surface area contributed by atoms with E-state index in [0.29, 0.717) is 25.6 Å². The summed E-state index contributed by atoms with van der Waals surface area (Å²) in [6.45, 7) is 0.0901. The number of ether oxygens (including phenoxy) is 1. The maximum absolute atomic E-state index is 12.7. The summed E-state index contributed by atoms with van der Waals surface area (Å²) in [5.41, 5.74) is 5.70. The molecule has 2 N–H and O–H groups in total. The van der Waals surface area contributed by atoms with Crippen LogP contribution in [0.5, 0.6) is 5.75 Å². The molecule has 31 heavy (non-hydrogen) atoms. The van der Waals surface area contributed by atoms with Crippen molar-refractivity contribution >= 4 is 63.7 Å². The van der Waals surface area contributed by atoms with Crippen LogP contribution < -0.4 is 15.6 Å². The number of nitrogens with one attached hydrogen (secondary N) is 2. The third kappa shape index (κ3) is 5.84. The largest absolute Gasteiger partial charge is 0.496 e. The summed E-state index contributed by atoms with van der Waals surface area (Å²) in [6.07, 6.45) is 1.67. The van der Waals surface area contributed by atoms with Crippen molar-refractivity contribution in [3.63, 3.8) is 0 Å². The fourth-order valence-electron chi connectivity index (χ4n) is 2.72. The van der Waals surface area contributed by atoms with Crippen molar-refractivity contribution in [3.8, 4) is 5.75 Å². The molecule has 0 atom stereocenters. The molecule has 7 nitrogen and oxygen atoms in total. The SMILES string of the molecule is COc1ccccc1/C=C1\SC(=S)N(CCC(=O)NNC(=O)c2cccc(Cl)c2)C1=O. The second-order valence-corrected chi connectivity index (χ2v) is 8.45. The molecular formula is C21H18ClN3O4S2. The van der Waals surface area contributed by atoms with E-state index in [2.05, 4.69) is 10.9 Å². The summed E-state index contributed by atoms with van der Waals surface area (Å²) in [5, 5.41) is 0.412. The van der Waals surface area contributed by atoms with Crippen molar-refractivity contribution in [2.45, 2.75) is 6.42 Å². The molecule has 0 spiro atoms. The quantitative estimate of drug-likeness (QED) is 0.378. The van der Waals surface area contributed by atoms with Crippen molar-refractivity contribution in [2.75, 3.05) is 13.7 Å². The highest BCUT2D eigenvalue weighted by Gasteiger charge is 2.32. The van der Waals surface area contributed by atoms with Crippen LogP contribution in [-0.4, -0.2) is 40.6 Å². The highest BCUT2D eigenvalue weighted by atomic mass is 35.5. The molecule has 0 unspecified atom stereocenters. The molecule has 0 aromatic heterocycles. The number of para-hydroxylation sites is 1. The number of benzene rings is 2. The molecule has 0 saturated carbocycles. The highest BCUT2D eigenvalue weighted by Crippen LogP contribution is 2.34. The molecular weight excluding hydrogens is 458 g/mol. The van der Waals surface area contributed by atoms with E-state index in [1.165, 1.54) is 11.0 Å². The Bertz CT molecular complexity index is 1070. The maximum Gasteiger partial charge on any atom is 0.269 e. The molecule has 2 aromatic rings. The Kier molecular flexibility index (Phi) is 7.67. The van der Waals surface area contributed by atoms with Gasteiger partial charge in [0.05, 0.1) is 12.0 Å². The monoisotopic (exact) mass is 475 g/mol. The summed E-state index contributed by atoms with van der Waals surface area (Å²) in [5.74, 6) is -0.599. The van der Waals surface area contributed by atoms with E-state index in [0.717, 1.165) is 17.3 Å². The number of hydrogen-bond donors (Lipinski definition) is 2. The van der Waals surface area contributed by atoms with Crippen molar-refractivity contribution in [2.24, 2.45) is 0 Å². The minimum atomic E-state index is -0.499. The van der Waals surface area contributed by atoms with E-state index in [1.807, 2.05) is 18.2 Å². The summed E-state index contributed by atoms with van der Waals surface area (Å²) in [4.78, 5) is 38.7. The standard InChI is InChI=1S/C21H18ClN3O4S2/c1-29-16-8-3-2-5-13(16)12-17-20(28)25(21(30)31-17)10-9-18(26)23-24-19(27)14-6-4-7-15(22)11-14/h2-8,11-12H,9-10H2,1H3,(H,23,26)(H,24,27)/b17-12-. The van der Waals surface area contributed by atoms with Crippen molar-refractivity contribution in [3.05, 3.63) is 69.6 Å². The Morgan fingerprint density at radius 1 is 1.19 bits per heavy atom. The molecule has 1 heterocycles. The molecule has 0 radical (unpaired) electrons. The summed E-state index contributed by atoms with van der Waals surface area (Å²) in [7, 11) is 1.56. The zero-order valence-electron chi connectivity index (χ0n) is 16.4. The molecule has 2 aromatic carbocycles. The number of nitrogens with zero attached hydrogens (tertiary/aromatic N) is 1. The number of hydrazine groups is 1. The average molecular weight is 476 g/mol. The molecule has 1 saturated heterocycles. The van der Waals surface area contributed by atoms with Crippen LogP contribution in [0.3, 0.4) is 0 Å². The van der Waals surface area contributed by atoms with E-state index in [9.17, 15) is 14.4 Å². The number of thiocarbonyl (C=S) groups is 1. The first kappa shape index (κ1) is 22.8. The predicted molar refractivity (Wildman–Crippen MR) is 125 cm³/mol. The second kappa shape index (κ2) is 10.4. The first-order chi connectivity index (χ1) is 14.9. The van der Waals surface area contributed by atoms with E-state index in [-0.39, 0.29) is 18.9 Å². The minimum Gasteiger partial charge on any atom is -0.496 e. The third-order valence-electron chi connectivity index (χ3n) is 4.26. The molecule has 1 aliphatic heterocycles. The number of halogens is 1. The summed E-state index contributed by atoms with van der Waals surface area (Å²) in [6, 6.07) is 13.6. The smallest absolute Gasteiger partial charge is 0.269 e. The average Bonchev–Trinajstić information content (AvgIpc) is 3.03. The van der Waals surface area contributed by atoms with E-state index in [1.54, 1.807) is 37.5 Å². The number of amides is 3. The van der Waals surface area contributed by atoms with Crippen LogP contribution in [0.4, 0.5) is 0 Å². The van der Waals surface area contributed by atoms with E-state index >= 15 is 0 Å². The van der Waals surface area contributed by atoms with Gasteiger partial charge in [0.15, 0.2) is 0 Å². The Balaban J connectivity index is 1.55. The van der Waals surface area contributed by atoms with Gasteiger partial charge in [-0.05, 0) is 30.3 Å². The van der Waals surface area contributed by atoms with Crippen LogP contribution >= 0.6 is 35.6 Å². The molecule has 0 aliphatic carbocycles. The fourth-order valence-corrected chi connectivity index (χ4v) is 4.21.